The van der Waals surface area contributed by atoms with E-state index in [0.717, 1.165) is 0 Å². The minimum Gasteiger partial charge on any atom is -0.249 e. The predicted molar refractivity (Wildman–Crippen MR) is 45.4 cm³/mol. The maximum Gasteiger partial charge on any atom is 0.230 e. The molecule has 0 aromatic carbocycles. The molecular weight excluding hydrogens is 166 g/mol. The van der Waals surface area contributed by atoms with Gasteiger partial charge in [-0.1, -0.05) is 12.1 Å². The summed E-state index contributed by atoms with van der Waals surface area (Å²) in [6.45, 7) is 6.91. The van der Waals surface area contributed by atoms with Crippen molar-refractivity contribution in [1.82, 2.24) is 19.7 Å². The summed E-state index contributed by atoms with van der Waals surface area (Å²) in [6, 6.07) is 3.41. The van der Waals surface area contributed by atoms with Gasteiger partial charge < -0.3 is 0 Å². The van der Waals surface area contributed by atoms with E-state index < -0.39 is 0 Å². The van der Waals surface area contributed by atoms with Gasteiger partial charge in [-0.15, -0.1) is 0 Å². The maximum atomic E-state index is 6.91. The molecule has 0 radical (unpaired) electrons. The Kier molecular flexibility index (Phi) is 1.73. The summed E-state index contributed by atoms with van der Waals surface area (Å²) in [5, 5.41) is 3.89. The van der Waals surface area contributed by atoms with Crippen LogP contribution >= 0.6 is 0 Å². The third kappa shape index (κ3) is 1.25. The third-order valence-corrected chi connectivity index (χ3v) is 1.52. The molecule has 0 amide bonds. The fraction of sp³-hybridized carbons (Fsp3) is 0. The third-order valence-electron chi connectivity index (χ3n) is 1.52. The first-order valence-electron chi connectivity index (χ1n) is 3.59. The number of nitrogens with zero attached hydrogens (tertiary/aromatic N) is 5. The zero-order valence-electron chi connectivity index (χ0n) is 6.62. The van der Waals surface area contributed by atoms with E-state index in [1.54, 1.807) is 18.3 Å². The van der Waals surface area contributed by atoms with Crippen LogP contribution in [0.25, 0.3) is 10.7 Å². The lowest BCUT2D eigenvalue weighted by Gasteiger charge is -1.99. The summed E-state index contributed by atoms with van der Waals surface area (Å²) in [5.74, 6) is 0.509. The minimum atomic E-state index is 0.466. The second kappa shape index (κ2) is 3.03. The van der Waals surface area contributed by atoms with Gasteiger partial charge >= 0.3 is 0 Å². The molecule has 0 saturated heterocycles. The lowest BCUT2D eigenvalue weighted by molar-refractivity contribution is 0.849. The van der Waals surface area contributed by atoms with Gasteiger partial charge in [0.25, 0.3) is 0 Å². The Labute approximate surface area is 74.5 Å². The van der Waals surface area contributed by atoms with Gasteiger partial charge in [0, 0.05) is 6.20 Å². The number of rotatable bonds is 1. The molecule has 0 aliphatic heterocycles. The molecule has 0 aliphatic rings. The monoisotopic (exact) mass is 171 g/mol. The molecular formula is C8H5N5. The quantitative estimate of drug-likeness (QED) is 0.606. The Balaban J connectivity index is 2.59. The Morgan fingerprint density at radius 3 is 3.08 bits per heavy atom. The second-order valence-electron chi connectivity index (χ2n) is 2.30. The largest absolute Gasteiger partial charge is 0.249 e. The lowest BCUT2D eigenvalue weighted by atomic mass is 10.4. The Morgan fingerprint density at radius 2 is 2.38 bits per heavy atom. The Morgan fingerprint density at radius 1 is 1.46 bits per heavy atom. The van der Waals surface area contributed by atoms with E-state index in [1.807, 2.05) is 0 Å². The summed E-state index contributed by atoms with van der Waals surface area (Å²) in [7, 11) is 0. The second-order valence-corrected chi connectivity index (χ2v) is 2.30. The molecule has 2 aromatic rings. The standard InChI is InChI=1S/C8H5N5/c1-9-7-3-2-4-11-8(7)13-6-10-5-12-13/h2-6H. The smallest absolute Gasteiger partial charge is 0.230 e. The van der Waals surface area contributed by atoms with Gasteiger partial charge in [-0.25, -0.2) is 19.5 Å². The van der Waals surface area contributed by atoms with Crippen molar-refractivity contribution in [3.63, 3.8) is 0 Å². The molecule has 0 atom stereocenters. The molecule has 0 spiro atoms. The fourth-order valence-electron chi connectivity index (χ4n) is 0.970. The van der Waals surface area contributed by atoms with Crippen LogP contribution in [0.4, 0.5) is 5.69 Å². The van der Waals surface area contributed by atoms with Crippen molar-refractivity contribution in [2.75, 3.05) is 0 Å². The van der Waals surface area contributed by atoms with Crippen molar-refractivity contribution < 1.29 is 0 Å². The minimum absolute atomic E-state index is 0.466. The van der Waals surface area contributed by atoms with Crippen LogP contribution in [0.2, 0.25) is 0 Å². The molecule has 0 aliphatic carbocycles. The molecule has 0 unspecified atom stereocenters. The summed E-state index contributed by atoms with van der Waals surface area (Å²) in [4.78, 5) is 11.1. The maximum absolute atomic E-state index is 6.91. The molecule has 0 N–H and O–H groups in total. The van der Waals surface area contributed by atoms with Gasteiger partial charge in [0.2, 0.25) is 5.69 Å². The average Bonchev–Trinajstić information content (AvgIpc) is 2.70. The summed E-state index contributed by atoms with van der Waals surface area (Å²) >= 11 is 0. The summed E-state index contributed by atoms with van der Waals surface area (Å²) < 4.78 is 1.47. The first kappa shape index (κ1) is 7.43. The van der Waals surface area contributed by atoms with E-state index in [9.17, 15) is 0 Å². The van der Waals surface area contributed by atoms with E-state index >= 15 is 0 Å². The van der Waals surface area contributed by atoms with Crippen LogP contribution in [-0.4, -0.2) is 19.7 Å². The average molecular weight is 171 g/mol. The van der Waals surface area contributed by atoms with Crippen LogP contribution < -0.4 is 0 Å². The predicted octanol–water partition coefficient (Wildman–Crippen LogP) is 1.21. The highest BCUT2D eigenvalue weighted by Gasteiger charge is 2.04. The molecule has 0 bridgehead atoms. The van der Waals surface area contributed by atoms with Gasteiger partial charge in [0.15, 0.2) is 5.82 Å². The van der Waals surface area contributed by atoms with Crippen molar-refractivity contribution in [2.45, 2.75) is 0 Å². The molecule has 13 heavy (non-hydrogen) atoms. The van der Waals surface area contributed by atoms with Crippen molar-refractivity contribution in [3.8, 4) is 5.82 Å². The van der Waals surface area contributed by atoms with Crippen molar-refractivity contribution >= 4 is 5.69 Å². The van der Waals surface area contributed by atoms with Crippen LogP contribution in [0.5, 0.6) is 0 Å². The fourth-order valence-corrected chi connectivity index (χ4v) is 0.970. The summed E-state index contributed by atoms with van der Waals surface area (Å²) in [6.07, 6.45) is 4.53. The number of pyridine rings is 1. The highest BCUT2D eigenvalue weighted by Crippen LogP contribution is 2.18. The molecule has 0 saturated carbocycles. The zero-order valence-corrected chi connectivity index (χ0v) is 6.62. The van der Waals surface area contributed by atoms with Gasteiger partial charge in [0.1, 0.15) is 12.7 Å². The van der Waals surface area contributed by atoms with Crippen molar-refractivity contribution in [3.05, 3.63) is 42.4 Å². The molecule has 2 heterocycles. The zero-order chi connectivity index (χ0) is 9.10. The Hall–Kier alpha value is -2.22. The van der Waals surface area contributed by atoms with E-state index in [1.165, 1.54) is 17.3 Å². The SMILES string of the molecule is [C-]#[N+]c1cccnc1-n1cncn1. The number of aromatic nitrogens is 4. The van der Waals surface area contributed by atoms with E-state index in [0.29, 0.717) is 11.5 Å². The first-order chi connectivity index (χ1) is 6.42. The van der Waals surface area contributed by atoms with Gasteiger partial charge in [-0.3, -0.25) is 0 Å². The highest BCUT2D eigenvalue weighted by atomic mass is 15.3. The topological polar surface area (TPSA) is 48.0 Å². The van der Waals surface area contributed by atoms with E-state index in [2.05, 4.69) is 19.9 Å². The van der Waals surface area contributed by atoms with E-state index in [4.69, 9.17) is 6.57 Å². The number of hydrogen-bond donors (Lipinski definition) is 0. The van der Waals surface area contributed by atoms with Crippen LogP contribution in [-0.2, 0) is 0 Å². The highest BCUT2D eigenvalue weighted by molar-refractivity contribution is 5.56. The molecule has 0 fully saturated rings. The lowest BCUT2D eigenvalue weighted by Crippen LogP contribution is -1.96. The number of hydrogen-bond acceptors (Lipinski definition) is 3. The van der Waals surface area contributed by atoms with Gasteiger partial charge in [0.05, 0.1) is 6.57 Å². The molecule has 2 aromatic heterocycles. The molecule has 2 rings (SSSR count). The first-order valence-corrected chi connectivity index (χ1v) is 3.59. The van der Waals surface area contributed by atoms with Gasteiger partial charge in [-0.2, -0.15) is 5.10 Å². The molecule has 5 nitrogen and oxygen atoms in total. The van der Waals surface area contributed by atoms with Crippen LogP contribution in [0, 0.1) is 6.57 Å². The normalized spacial score (nSPS) is 9.46. The molecule has 62 valence electrons. The van der Waals surface area contributed by atoms with Crippen LogP contribution in [0.15, 0.2) is 31.0 Å². The van der Waals surface area contributed by atoms with Crippen molar-refractivity contribution in [1.29, 1.82) is 0 Å². The molecule has 5 heteroatoms. The van der Waals surface area contributed by atoms with Gasteiger partial charge in [-0.05, 0) is 0 Å². The Bertz CT molecular complexity index is 440. The van der Waals surface area contributed by atoms with E-state index in [-0.39, 0.29) is 0 Å². The van der Waals surface area contributed by atoms with Crippen LogP contribution in [0.1, 0.15) is 0 Å². The van der Waals surface area contributed by atoms with Crippen molar-refractivity contribution in [2.24, 2.45) is 0 Å². The summed E-state index contributed by atoms with van der Waals surface area (Å²) in [5.41, 5.74) is 0.466. The van der Waals surface area contributed by atoms with Crippen LogP contribution in [0.3, 0.4) is 0 Å².